The van der Waals surface area contributed by atoms with Crippen LogP contribution in [0.5, 0.6) is 5.75 Å². The maximum Gasteiger partial charge on any atom is 0.222 e. The van der Waals surface area contributed by atoms with Crippen LogP contribution in [-0.2, 0) is 16.1 Å². The molecule has 0 aliphatic carbocycles. The van der Waals surface area contributed by atoms with Crippen molar-refractivity contribution in [1.29, 1.82) is 0 Å². The Morgan fingerprint density at radius 1 is 1.47 bits per heavy atom. The highest BCUT2D eigenvalue weighted by atomic mass is 16.6. The molecule has 0 saturated carbocycles. The molecular formula is C15H19NO3. The predicted octanol–water partition coefficient (Wildman–Crippen LogP) is 1.90. The van der Waals surface area contributed by atoms with Gasteiger partial charge in [-0.1, -0.05) is 12.1 Å². The van der Waals surface area contributed by atoms with E-state index in [9.17, 15) is 4.79 Å². The first-order valence-electron chi connectivity index (χ1n) is 6.84. The van der Waals surface area contributed by atoms with Crippen LogP contribution in [-0.4, -0.2) is 36.7 Å². The molecule has 2 aliphatic heterocycles. The molecule has 1 atom stereocenters. The fourth-order valence-electron chi connectivity index (χ4n) is 2.35. The van der Waals surface area contributed by atoms with Gasteiger partial charge in [-0.25, -0.2) is 0 Å². The molecule has 19 heavy (non-hydrogen) atoms. The number of hydrogen-bond acceptors (Lipinski definition) is 3. The number of hydrogen-bond donors (Lipinski definition) is 0. The Kier molecular flexibility index (Phi) is 3.42. The molecule has 1 amide bonds. The molecule has 102 valence electrons. The Balaban J connectivity index is 1.72. The van der Waals surface area contributed by atoms with Crippen molar-refractivity contribution < 1.29 is 14.3 Å². The van der Waals surface area contributed by atoms with Gasteiger partial charge in [0.2, 0.25) is 5.91 Å². The van der Waals surface area contributed by atoms with Gasteiger partial charge in [0.1, 0.15) is 18.5 Å². The molecule has 1 aromatic rings. The lowest BCUT2D eigenvalue weighted by Crippen LogP contribution is -2.24. The highest BCUT2D eigenvalue weighted by Gasteiger charge is 2.25. The summed E-state index contributed by atoms with van der Waals surface area (Å²) >= 11 is 0. The van der Waals surface area contributed by atoms with Gasteiger partial charge in [-0.2, -0.15) is 0 Å². The summed E-state index contributed by atoms with van der Waals surface area (Å²) in [5.74, 6) is 1.13. The zero-order valence-electron chi connectivity index (χ0n) is 11.2. The number of likely N-dealkylation sites (tertiary alicyclic amines) is 1. The van der Waals surface area contributed by atoms with Crippen molar-refractivity contribution in [2.24, 2.45) is 0 Å². The van der Waals surface area contributed by atoms with Crippen molar-refractivity contribution in [2.75, 3.05) is 19.8 Å². The lowest BCUT2D eigenvalue weighted by molar-refractivity contribution is -0.128. The van der Waals surface area contributed by atoms with Crippen molar-refractivity contribution in [1.82, 2.24) is 4.90 Å². The molecule has 2 aliphatic rings. The van der Waals surface area contributed by atoms with Gasteiger partial charge in [0.25, 0.3) is 0 Å². The molecule has 0 bridgehead atoms. The van der Waals surface area contributed by atoms with E-state index < -0.39 is 0 Å². The Bertz CT molecular complexity index is 482. The van der Waals surface area contributed by atoms with E-state index in [4.69, 9.17) is 9.47 Å². The predicted molar refractivity (Wildman–Crippen MR) is 71.1 cm³/mol. The Labute approximate surface area is 113 Å². The Hall–Kier alpha value is -1.55. The number of aryl methyl sites for hydroxylation is 1. The Morgan fingerprint density at radius 2 is 2.32 bits per heavy atom. The molecule has 4 nitrogen and oxygen atoms in total. The van der Waals surface area contributed by atoms with E-state index in [1.54, 1.807) is 0 Å². The van der Waals surface area contributed by atoms with Crippen molar-refractivity contribution in [3.63, 3.8) is 0 Å². The maximum absolute atomic E-state index is 11.7. The molecule has 0 unspecified atom stereocenters. The van der Waals surface area contributed by atoms with Crippen molar-refractivity contribution in [3.8, 4) is 5.75 Å². The average Bonchev–Trinajstić information content (AvgIpc) is 3.14. The Morgan fingerprint density at radius 3 is 3.00 bits per heavy atom. The number of ether oxygens (including phenoxy) is 2. The van der Waals surface area contributed by atoms with Crippen LogP contribution in [0, 0.1) is 6.92 Å². The number of amides is 1. The summed E-state index contributed by atoms with van der Waals surface area (Å²) in [6.45, 7) is 4.96. The second-order valence-corrected chi connectivity index (χ2v) is 5.30. The van der Waals surface area contributed by atoms with Crippen LogP contribution in [0.1, 0.15) is 24.0 Å². The van der Waals surface area contributed by atoms with Gasteiger partial charge in [0.15, 0.2) is 0 Å². The van der Waals surface area contributed by atoms with Crippen molar-refractivity contribution in [3.05, 3.63) is 29.3 Å². The number of carbonyl (C=O) groups is 1. The summed E-state index contributed by atoms with van der Waals surface area (Å²) < 4.78 is 11.0. The quantitative estimate of drug-likeness (QED) is 0.760. The number of benzene rings is 1. The molecule has 2 saturated heterocycles. The maximum atomic E-state index is 11.7. The molecular weight excluding hydrogens is 242 g/mol. The summed E-state index contributed by atoms with van der Waals surface area (Å²) in [5.41, 5.74) is 2.25. The first-order chi connectivity index (χ1) is 9.22. The van der Waals surface area contributed by atoms with E-state index in [1.165, 1.54) is 5.56 Å². The van der Waals surface area contributed by atoms with Crippen LogP contribution in [0.2, 0.25) is 0 Å². The SMILES string of the molecule is Cc1ccc(CN2CCCC2=O)c(OC[C@@H]2CO2)c1. The minimum atomic E-state index is 0.247. The number of epoxide rings is 1. The molecule has 1 aromatic carbocycles. The standard InChI is InChI=1S/C15H19NO3/c1-11-4-5-12(8-16-6-2-3-15(16)17)14(7-11)19-10-13-9-18-13/h4-5,7,13H,2-3,6,8-10H2,1H3/t13-/m0/s1. The smallest absolute Gasteiger partial charge is 0.222 e. The molecule has 3 rings (SSSR count). The zero-order valence-corrected chi connectivity index (χ0v) is 11.2. The molecule has 4 heteroatoms. The van der Waals surface area contributed by atoms with Crippen LogP contribution >= 0.6 is 0 Å². The average molecular weight is 261 g/mol. The fourth-order valence-corrected chi connectivity index (χ4v) is 2.35. The summed E-state index contributed by atoms with van der Waals surface area (Å²) in [6.07, 6.45) is 1.90. The highest BCUT2D eigenvalue weighted by molar-refractivity contribution is 5.78. The van der Waals surface area contributed by atoms with Crippen LogP contribution in [0.3, 0.4) is 0 Å². The first-order valence-corrected chi connectivity index (χ1v) is 6.84. The molecule has 2 heterocycles. The van der Waals surface area contributed by atoms with E-state index in [1.807, 2.05) is 17.9 Å². The van der Waals surface area contributed by atoms with E-state index in [-0.39, 0.29) is 12.0 Å². The lowest BCUT2D eigenvalue weighted by Gasteiger charge is -2.18. The number of rotatable bonds is 5. The summed E-state index contributed by atoms with van der Waals surface area (Å²) in [6, 6.07) is 6.17. The molecule has 2 fully saturated rings. The van der Waals surface area contributed by atoms with E-state index in [2.05, 4.69) is 12.1 Å². The number of nitrogens with zero attached hydrogens (tertiary/aromatic N) is 1. The van der Waals surface area contributed by atoms with Gasteiger partial charge in [0, 0.05) is 25.1 Å². The van der Waals surface area contributed by atoms with Crippen LogP contribution in [0.15, 0.2) is 18.2 Å². The minimum absolute atomic E-state index is 0.247. The summed E-state index contributed by atoms with van der Waals surface area (Å²) in [4.78, 5) is 13.6. The van der Waals surface area contributed by atoms with Crippen molar-refractivity contribution in [2.45, 2.75) is 32.4 Å². The van der Waals surface area contributed by atoms with Gasteiger partial charge < -0.3 is 14.4 Å². The van der Waals surface area contributed by atoms with E-state index in [0.717, 1.165) is 30.9 Å². The van der Waals surface area contributed by atoms with Crippen LogP contribution in [0.4, 0.5) is 0 Å². The summed E-state index contributed by atoms with van der Waals surface area (Å²) in [5, 5.41) is 0. The van der Waals surface area contributed by atoms with Gasteiger partial charge in [-0.05, 0) is 25.0 Å². The zero-order chi connectivity index (χ0) is 13.2. The topological polar surface area (TPSA) is 42.1 Å². The number of carbonyl (C=O) groups excluding carboxylic acids is 1. The first kappa shape index (κ1) is 12.5. The third-order valence-electron chi connectivity index (χ3n) is 3.58. The van der Waals surface area contributed by atoms with Crippen LogP contribution in [0.25, 0.3) is 0 Å². The highest BCUT2D eigenvalue weighted by Crippen LogP contribution is 2.25. The third-order valence-corrected chi connectivity index (χ3v) is 3.58. The van der Waals surface area contributed by atoms with E-state index >= 15 is 0 Å². The largest absolute Gasteiger partial charge is 0.490 e. The van der Waals surface area contributed by atoms with Crippen LogP contribution < -0.4 is 4.74 Å². The van der Waals surface area contributed by atoms with Crippen molar-refractivity contribution >= 4 is 5.91 Å². The molecule has 0 N–H and O–H groups in total. The normalized spacial score (nSPS) is 21.8. The van der Waals surface area contributed by atoms with Gasteiger partial charge in [-0.15, -0.1) is 0 Å². The second-order valence-electron chi connectivity index (χ2n) is 5.30. The van der Waals surface area contributed by atoms with Gasteiger partial charge in [0.05, 0.1) is 6.61 Å². The van der Waals surface area contributed by atoms with Gasteiger partial charge >= 0.3 is 0 Å². The second kappa shape index (κ2) is 5.21. The molecule has 0 radical (unpaired) electrons. The van der Waals surface area contributed by atoms with Gasteiger partial charge in [-0.3, -0.25) is 4.79 Å². The summed E-state index contributed by atoms with van der Waals surface area (Å²) in [7, 11) is 0. The monoisotopic (exact) mass is 261 g/mol. The van der Waals surface area contributed by atoms with E-state index in [0.29, 0.717) is 19.6 Å². The third kappa shape index (κ3) is 3.07. The molecule has 0 spiro atoms. The minimum Gasteiger partial charge on any atom is -0.490 e. The lowest BCUT2D eigenvalue weighted by atomic mass is 10.1. The molecule has 0 aromatic heterocycles. The fraction of sp³-hybridized carbons (Fsp3) is 0.533.